The number of carbonyl (C=O) groups excluding carboxylic acids is 4. The van der Waals surface area contributed by atoms with Gasteiger partial charge in [0.1, 0.15) is 19.3 Å². The van der Waals surface area contributed by atoms with E-state index in [0.717, 1.165) is 0 Å². The fraction of sp³-hybridized carbons (Fsp3) is 0.667. The molecule has 3 N–H and O–H groups in total. The first-order valence-electron chi connectivity index (χ1n) is 6.29. The van der Waals surface area contributed by atoms with Crippen LogP contribution in [0.2, 0.25) is 0 Å². The Labute approximate surface area is 125 Å². The lowest BCUT2D eigenvalue weighted by Gasteiger charge is -2.15. The van der Waals surface area contributed by atoms with Crippen molar-refractivity contribution in [1.29, 1.82) is 0 Å². The highest BCUT2D eigenvalue weighted by molar-refractivity contribution is 5.92. The van der Waals surface area contributed by atoms with E-state index in [0.29, 0.717) is 0 Å². The lowest BCUT2D eigenvalue weighted by Crippen LogP contribution is -2.31. The minimum Gasteiger partial charge on any atom is -0.460 e. The molecule has 0 radical (unpaired) electrons. The Morgan fingerprint density at radius 2 is 1.77 bits per heavy atom. The van der Waals surface area contributed by atoms with Crippen molar-refractivity contribution in [3.63, 3.8) is 0 Å². The predicted octanol–water partition coefficient (Wildman–Crippen LogP) is -2.34. The number of hydrogen-bond donors (Lipinski definition) is 3. The van der Waals surface area contributed by atoms with Crippen LogP contribution in [0.25, 0.3) is 0 Å². The minimum absolute atomic E-state index is 0.263. The summed E-state index contributed by atoms with van der Waals surface area (Å²) in [7, 11) is 0. The highest BCUT2D eigenvalue weighted by atomic mass is 16.6. The average Bonchev–Trinajstić information content (AvgIpc) is 2.86. The first kappa shape index (κ1) is 20.0. The Bertz CT molecular complexity index is 389. The van der Waals surface area contributed by atoms with Gasteiger partial charge in [-0.05, 0) is 6.92 Å². The largest absolute Gasteiger partial charge is 0.460 e. The maximum atomic E-state index is 10.8. The lowest BCUT2D eigenvalue weighted by atomic mass is 10.4. The van der Waals surface area contributed by atoms with Crippen molar-refractivity contribution in [3.05, 3.63) is 0 Å². The molecule has 0 aromatic rings. The van der Waals surface area contributed by atoms with Gasteiger partial charge in [0.2, 0.25) is 0 Å². The van der Waals surface area contributed by atoms with Crippen LogP contribution >= 0.6 is 0 Å². The summed E-state index contributed by atoms with van der Waals surface area (Å²) in [5.41, 5.74) is 0. The maximum absolute atomic E-state index is 10.8. The third-order valence-corrected chi connectivity index (χ3v) is 2.14. The van der Waals surface area contributed by atoms with Gasteiger partial charge in [-0.3, -0.25) is 9.59 Å². The van der Waals surface area contributed by atoms with Crippen molar-refractivity contribution < 1.29 is 48.7 Å². The van der Waals surface area contributed by atoms with Crippen LogP contribution in [-0.4, -0.2) is 71.2 Å². The van der Waals surface area contributed by atoms with E-state index in [9.17, 15) is 19.2 Å². The Hall–Kier alpha value is -2.04. The smallest absolute Gasteiger partial charge is 0.334 e. The molecule has 1 rings (SSSR count). The molecule has 0 aliphatic carbocycles. The van der Waals surface area contributed by atoms with Crippen molar-refractivity contribution in [1.82, 2.24) is 0 Å². The van der Waals surface area contributed by atoms with E-state index in [4.69, 9.17) is 15.3 Å². The van der Waals surface area contributed by atoms with Crippen LogP contribution in [0, 0.1) is 0 Å². The molecule has 0 bridgehead atoms. The molecule has 126 valence electrons. The molecule has 10 heteroatoms. The van der Waals surface area contributed by atoms with Gasteiger partial charge >= 0.3 is 23.9 Å². The lowest BCUT2D eigenvalue weighted by molar-refractivity contribution is -0.167. The number of aliphatic hydroxyl groups excluding tert-OH is 3. The van der Waals surface area contributed by atoms with Crippen molar-refractivity contribution in [2.75, 3.05) is 19.8 Å². The van der Waals surface area contributed by atoms with Crippen molar-refractivity contribution in [2.24, 2.45) is 0 Å². The number of hydrogen-bond acceptors (Lipinski definition) is 10. The SMILES string of the molecule is CC(O)C(=O)OCC(CO)OC(=O)CO.O=C1CCC(=O)O1. The van der Waals surface area contributed by atoms with E-state index >= 15 is 0 Å². The van der Waals surface area contributed by atoms with Crippen LogP contribution in [0.3, 0.4) is 0 Å². The molecule has 0 saturated carbocycles. The minimum atomic E-state index is -1.28. The first-order chi connectivity index (χ1) is 10.3. The van der Waals surface area contributed by atoms with Crippen LogP contribution in [-0.2, 0) is 33.4 Å². The Morgan fingerprint density at radius 1 is 1.23 bits per heavy atom. The molecule has 2 unspecified atom stereocenters. The number of aliphatic hydroxyl groups is 3. The van der Waals surface area contributed by atoms with Crippen LogP contribution < -0.4 is 0 Å². The van der Waals surface area contributed by atoms with Crippen molar-refractivity contribution in [3.8, 4) is 0 Å². The van der Waals surface area contributed by atoms with E-state index in [-0.39, 0.29) is 19.4 Å². The Balaban J connectivity index is 0.000000518. The number of carbonyl (C=O) groups is 4. The van der Waals surface area contributed by atoms with Gasteiger partial charge in [-0.15, -0.1) is 0 Å². The first-order valence-corrected chi connectivity index (χ1v) is 6.29. The maximum Gasteiger partial charge on any atom is 0.334 e. The molecule has 0 spiro atoms. The molecule has 0 aromatic heterocycles. The van der Waals surface area contributed by atoms with E-state index < -0.39 is 49.3 Å². The molecule has 1 fully saturated rings. The molecule has 1 aliphatic rings. The van der Waals surface area contributed by atoms with Gasteiger partial charge in [0.05, 0.1) is 19.4 Å². The fourth-order valence-corrected chi connectivity index (χ4v) is 1.08. The standard InChI is InChI=1S/C8H14O7.C4H4O3/c1-5(11)8(13)14-4-6(2-9)15-7(12)3-10;5-3-1-2-4(6)7-3/h5-6,9-11H,2-4H2,1H3;1-2H2. The molecule has 22 heavy (non-hydrogen) atoms. The third kappa shape index (κ3) is 9.00. The number of ether oxygens (including phenoxy) is 3. The predicted molar refractivity (Wildman–Crippen MR) is 67.0 cm³/mol. The van der Waals surface area contributed by atoms with E-state index in [1.165, 1.54) is 6.92 Å². The van der Waals surface area contributed by atoms with Crippen LogP contribution in [0.1, 0.15) is 19.8 Å². The molecule has 1 heterocycles. The van der Waals surface area contributed by atoms with Crippen LogP contribution in [0.5, 0.6) is 0 Å². The molecular formula is C12H18O10. The van der Waals surface area contributed by atoms with Crippen LogP contribution in [0.15, 0.2) is 0 Å². The van der Waals surface area contributed by atoms with Crippen molar-refractivity contribution >= 4 is 23.9 Å². The zero-order valence-corrected chi connectivity index (χ0v) is 11.9. The Kier molecular flexibility index (Phi) is 9.67. The van der Waals surface area contributed by atoms with Gasteiger partial charge in [0, 0.05) is 0 Å². The highest BCUT2D eigenvalue weighted by Crippen LogP contribution is 2.03. The second-order valence-corrected chi connectivity index (χ2v) is 4.10. The normalized spacial score (nSPS) is 16.0. The quantitative estimate of drug-likeness (QED) is 0.275. The zero-order chi connectivity index (χ0) is 17.1. The van der Waals surface area contributed by atoms with Gasteiger partial charge in [0.15, 0.2) is 6.10 Å². The van der Waals surface area contributed by atoms with E-state index in [1.54, 1.807) is 0 Å². The molecule has 0 amide bonds. The van der Waals surface area contributed by atoms with Gasteiger partial charge in [-0.1, -0.05) is 0 Å². The summed E-state index contributed by atoms with van der Waals surface area (Å²) in [5, 5.41) is 25.8. The van der Waals surface area contributed by atoms with Crippen molar-refractivity contribution in [2.45, 2.75) is 32.0 Å². The van der Waals surface area contributed by atoms with Gasteiger partial charge < -0.3 is 29.5 Å². The zero-order valence-electron chi connectivity index (χ0n) is 11.9. The molecule has 1 aliphatic heterocycles. The molecule has 0 aromatic carbocycles. The topological polar surface area (TPSA) is 157 Å². The Morgan fingerprint density at radius 3 is 2.09 bits per heavy atom. The monoisotopic (exact) mass is 322 g/mol. The van der Waals surface area contributed by atoms with E-state index in [2.05, 4.69) is 14.2 Å². The summed E-state index contributed by atoms with van der Waals surface area (Å²) in [6, 6.07) is 0. The summed E-state index contributed by atoms with van der Waals surface area (Å²) in [6.07, 6.45) is -1.79. The molecular weight excluding hydrogens is 304 g/mol. The van der Waals surface area contributed by atoms with Crippen LogP contribution in [0.4, 0.5) is 0 Å². The second-order valence-electron chi connectivity index (χ2n) is 4.10. The van der Waals surface area contributed by atoms with Gasteiger partial charge in [0.25, 0.3) is 0 Å². The second kappa shape index (κ2) is 10.7. The average molecular weight is 322 g/mol. The van der Waals surface area contributed by atoms with E-state index in [1.807, 2.05) is 0 Å². The fourth-order valence-electron chi connectivity index (χ4n) is 1.08. The molecule has 1 saturated heterocycles. The summed E-state index contributed by atoms with van der Waals surface area (Å²) in [5.74, 6) is -2.61. The number of rotatable bonds is 6. The number of esters is 4. The highest BCUT2D eigenvalue weighted by Gasteiger charge is 2.19. The third-order valence-electron chi connectivity index (χ3n) is 2.14. The number of cyclic esters (lactones) is 2. The van der Waals surface area contributed by atoms with Gasteiger partial charge in [-0.25, -0.2) is 9.59 Å². The molecule has 10 nitrogen and oxygen atoms in total. The summed E-state index contributed by atoms with van der Waals surface area (Å²) < 4.78 is 13.1. The summed E-state index contributed by atoms with van der Waals surface area (Å²) in [4.78, 5) is 41.4. The molecule has 2 atom stereocenters. The van der Waals surface area contributed by atoms with Gasteiger partial charge in [-0.2, -0.15) is 0 Å². The summed E-state index contributed by atoms with van der Waals surface area (Å²) >= 11 is 0. The summed E-state index contributed by atoms with van der Waals surface area (Å²) in [6.45, 7) is -0.512.